The second-order valence-corrected chi connectivity index (χ2v) is 19.8. The molecule has 0 bridgehead atoms. The summed E-state index contributed by atoms with van der Waals surface area (Å²) in [6.45, 7) is 9.23. The number of aliphatic hydroxyl groups excluding tert-OH is 1. The molecule has 12 rings (SSSR count). The number of nitrogens with two attached hydrogens (primary N) is 9. The van der Waals surface area contributed by atoms with E-state index < -0.39 is 23.6 Å². The fourth-order valence-electron chi connectivity index (χ4n) is 10.5. The molecule has 22 heteroatoms. The number of amides is 4. The van der Waals surface area contributed by atoms with Crippen molar-refractivity contribution in [2.24, 2.45) is 28.7 Å². The molecule has 8 heterocycles. The molecule has 4 aromatic carbocycles. The van der Waals surface area contributed by atoms with Crippen molar-refractivity contribution in [3.63, 3.8) is 0 Å². The molecule has 8 aromatic heterocycles. The van der Waals surface area contributed by atoms with Gasteiger partial charge in [0, 0.05) is 75.4 Å². The molecule has 82 heavy (non-hydrogen) atoms. The van der Waals surface area contributed by atoms with Crippen LogP contribution in [0, 0.1) is 0 Å². The summed E-state index contributed by atoms with van der Waals surface area (Å²) in [6.07, 6.45) is 2.45. The number of para-hydroxylation sites is 4. The van der Waals surface area contributed by atoms with Gasteiger partial charge in [-0.05, 0) is 88.2 Å². The third-order valence-corrected chi connectivity index (χ3v) is 14.2. The lowest BCUT2D eigenvalue weighted by Crippen LogP contribution is -2.15. The molecule has 22 nitrogen and oxygen atoms in total. The van der Waals surface area contributed by atoms with Gasteiger partial charge in [0.25, 0.3) is 23.6 Å². The Kier molecular flexibility index (Phi) is 16.2. The Morgan fingerprint density at radius 1 is 0.439 bits per heavy atom. The topological polar surface area (TPSA) is 394 Å². The Morgan fingerprint density at radius 3 is 1.05 bits per heavy atom. The lowest BCUT2D eigenvalue weighted by atomic mass is 10.1. The minimum Gasteiger partial charge on any atom is -0.396 e. The van der Waals surface area contributed by atoms with E-state index in [2.05, 4.69) is 54.4 Å². The fraction of sp³-hybridized carbons (Fsp3) is 0.200. The lowest BCUT2D eigenvalue weighted by Gasteiger charge is -2.11. The van der Waals surface area contributed by atoms with Crippen LogP contribution in [0.5, 0.6) is 0 Å². The number of nitrogens with zero attached hydrogens (tertiary/aromatic N) is 8. The lowest BCUT2D eigenvalue weighted by molar-refractivity contribution is 0.0992. The molecule has 0 aliphatic carbocycles. The van der Waals surface area contributed by atoms with Gasteiger partial charge in [0.2, 0.25) is 0 Å². The average Bonchev–Trinajstić information content (AvgIpc) is 2.88. The van der Waals surface area contributed by atoms with Gasteiger partial charge in [-0.25, -0.2) is 19.9 Å². The standard InChI is InChI=1S/C15H17N5O.C15H16N4O2.2C15H16N4O/c16-6-3-7-20-12-5-2-1-4-9(12)10-8-11(14(18)21)13(17)19-15(10)20;16-13-11(14(17)21)8-10-9-4-1-2-5-12(9)19(6-3-7-20)15(10)18-13;1-8(2)19-12-6-4-3-5-9(12)10-7-11(14(17)20)13(16)18-15(10)19;1-2-7-19-12-6-4-3-5-9(12)10-8-11(14(17)20)13(16)18-15(10)19/h1-2,4-5,8H,3,6-7,16H2,(H2,17,19)(H2,18,21);1-2,4-5,8,20H,3,6-7H2,(H2,16,18)(H2,17,21);3-8H,1-2H3,(H2,16,18)(H2,17,20);3-6,8H,2,7H2,1H3,(H2,16,18)(H2,17,20). The van der Waals surface area contributed by atoms with Crippen molar-refractivity contribution in [1.29, 1.82) is 0 Å². The first kappa shape index (κ1) is 56.4. The minimum absolute atomic E-state index is 0.100. The van der Waals surface area contributed by atoms with Gasteiger partial charge in [0.1, 0.15) is 45.9 Å². The number of aliphatic hydroxyl groups is 1. The van der Waals surface area contributed by atoms with Crippen LogP contribution in [0.4, 0.5) is 23.3 Å². The number of primary amides is 4. The summed E-state index contributed by atoms with van der Waals surface area (Å²) in [5, 5.41) is 16.7. The molecule has 0 aliphatic heterocycles. The third-order valence-electron chi connectivity index (χ3n) is 14.2. The number of pyridine rings is 4. The number of rotatable bonds is 13. The molecule has 0 spiro atoms. The maximum atomic E-state index is 11.5. The fourth-order valence-corrected chi connectivity index (χ4v) is 10.5. The molecule has 12 aromatic rings. The monoisotopic (exact) mass is 1100 g/mol. The summed E-state index contributed by atoms with van der Waals surface area (Å²) in [7, 11) is 0. The van der Waals surface area contributed by atoms with E-state index in [1.807, 2.05) is 102 Å². The molecule has 19 N–H and O–H groups in total. The summed E-state index contributed by atoms with van der Waals surface area (Å²) >= 11 is 0. The molecular formula is C60H65N17O5. The van der Waals surface area contributed by atoms with Crippen LogP contribution < -0.4 is 51.6 Å². The maximum absolute atomic E-state index is 11.5. The van der Waals surface area contributed by atoms with Crippen LogP contribution in [-0.4, -0.2) is 80.1 Å². The number of benzene rings is 4. The minimum atomic E-state index is -0.589. The van der Waals surface area contributed by atoms with Gasteiger partial charge in [-0.2, -0.15) is 0 Å². The second kappa shape index (κ2) is 23.6. The molecule has 0 unspecified atom stereocenters. The molecule has 0 saturated heterocycles. The van der Waals surface area contributed by atoms with Crippen molar-refractivity contribution in [2.75, 3.05) is 36.1 Å². The number of fused-ring (bicyclic) bond motifs is 12. The number of hydrogen-bond acceptors (Lipinski definition) is 14. The summed E-state index contributed by atoms with van der Waals surface area (Å²) in [5.74, 6) is -1.62. The smallest absolute Gasteiger partial charge is 0.252 e. The van der Waals surface area contributed by atoms with Gasteiger partial charge in [-0.3, -0.25) is 19.2 Å². The summed E-state index contributed by atoms with van der Waals surface area (Å²) in [5.41, 5.74) is 58.7. The van der Waals surface area contributed by atoms with E-state index in [-0.39, 0.29) is 58.2 Å². The molecule has 0 radical (unpaired) electrons. The van der Waals surface area contributed by atoms with E-state index in [0.717, 1.165) is 108 Å². The first-order valence-corrected chi connectivity index (χ1v) is 26.6. The first-order chi connectivity index (χ1) is 39.4. The molecule has 0 aliphatic rings. The first-order valence-electron chi connectivity index (χ1n) is 26.6. The van der Waals surface area contributed by atoms with Crippen LogP contribution in [0.2, 0.25) is 0 Å². The van der Waals surface area contributed by atoms with Crippen LogP contribution in [0.1, 0.15) is 87.5 Å². The van der Waals surface area contributed by atoms with Crippen LogP contribution in [-0.2, 0) is 19.6 Å². The zero-order valence-corrected chi connectivity index (χ0v) is 45.6. The highest BCUT2D eigenvalue weighted by Gasteiger charge is 2.21. The van der Waals surface area contributed by atoms with E-state index in [1.54, 1.807) is 24.3 Å². The van der Waals surface area contributed by atoms with Crippen molar-refractivity contribution in [3.05, 3.63) is 144 Å². The average molecular weight is 1100 g/mol. The maximum Gasteiger partial charge on any atom is 0.252 e. The van der Waals surface area contributed by atoms with Gasteiger partial charge in [0.15, 0.2) is 0 Å². The highest BCUT2D eigenvalue weighted by atomic mass is 16.3. The predicted octanol–water partition coefficient (Wildman–Crippen LogP) is 7.20. The van der Waals surface area contributed by atoms with Crippen molar-refractivity contribution in [1.82, 2.24) is 38.2 Å². The van der Waals surface area contributed by atoms with Gasteiger partial charge >= 0.3 is 0 Å². The van der Waals surface area contributed by atoms with E-state index in [9.17, 15) is 19.2 Å². The molecule has 4 amide bonds. The van der Waals surface area contributed by atoms with Gasteiger partial charge in [-0.15, -0.1) is 0 Å². The largest absolute Gasteiger partial charge is 0.396 e. The highest BCUT2D eigenvalue weighted by Crippen LogP contribution is 2.35. The van der Waals surface area contributed by atoms with Crippen molar-refractivity contribution in [3.8, 4) is 0 Å². The highest BCUT2D eigenvalue weighted by molar-refractivity contribution is 6.14. The van der Waals surface area contributed by atoms with E-state index in [4.69, 9.17) is 56.7 Å². The van der Waals surface area contributed by atoms with E-state index in [1.165, 1.54) is 0 Å². The molecule has 0 fully saturated rings. The number of aryl methyl sites for hydroxylation is 3. The summed E-state index contributed by atoms with van der Waals surface area (Å²) < 4.78 is 8.33. The molecule has 0 saturated carbocycles. The Hall–Kier alpha value is -10.3. The second-order valence-electron chi connectivity index (χ2n) is 19.8. The number of nitrogen functional groups attached to an aromatic ring is 4. The number of anilines is 4. The summed E-state index contributed by atoms with van der Waals surface area (Å²) in [4.78, 5) is 63.3. The van der Waals surface area contributed by atoms with Crippen LogP contribution in [0.15, 0.2) is 121 Å². The Labute approximate surface area is 469 Å². The number of carbonyl (C=O) groups is 4. The normalized spacial score (nSPS) is 11.3. The van der Waals surface area contributed by atoms with Gasteiger partial charge in [-0.1, -0.05) is 79.7 Å². The molecule has 420 valence electrons. The van der Waals surface area contributed by atoms with Crippen molar-refractivity contribution < 1.29 is 24.3 Å². The number of aromatic nitrogens is 8. The van der Waals surface area contributed by atoms with Crippen molar-refractivity contribution in [2.45, 2.75) is 65.7 Å². The number of hydrogen-bond donors (Lipinski definition) is 10. The Balaban J connectivity index is 0.000000132. The quantitative estimate of drug-likeness (QED) is 0.0546. The summed E-state index contributed by atoms with van der Waals surface area (Å²) in [6, 6.07) is 38.9. The predicted molar refractivity (Wildman–Crippen MR) is 327 cm³/mol. The van der Waals surface area contributed by atoms with E-state index >= 15 is 0 Å². The zero-order chi connectivity index (χ0) is 58.7. The zero-order valence-electron chi connectivity index (χ0n) is 45.6. The SMILES string of the molecule is CC(C)n1c2ccccc2c2cc(C(N)=O)c(N)nc21.CCCn1c2ccccc2c2cc(C(N)=O)c(N)nc21.NC(=O)c1cc2c3ccccc3n(CCCO)c2nc1N.NCCCn1c2ccccc2c2cc(C(N)=O)c(N)nc21. The van der Waals surface area contributed by atoms with Crippen LogP contribution >= 0.6 is 0 Å². The van der Waals surface area contributed by atoms with Crippen LogP contribution in [0.25, 0.3) is 87.7 Å². The van der Waals surface area contributed by atoms with E-state index in [0.29, 0.717) is 25.2 Å². The molecule has 0 atom stereocenters. The van der Waals surface area contributed by atoms with Gasteiger partial charge in [0.05, 0.1) is 44.3 Å². The Morgan fingerprint density at radius 2 is 0.732 bits per heavy atom. The molecular weight excluding hydrogens is 1040 g/mol. The van der Waals surface area contributed by atoms with Crippen molar-refractivity contribution >= 4 is 135 Å². The third kappa shape index (κ3) is 10.5. The number of carbonyl (C=O) groups excluding carboxylic acids is 4. The Bertz CT molecular complexity index is 4320. The van der Waals surface area contributed by atoms with Crippen LogP contribution in [0.3, 0.4) is 0 Å². The van der Waals surface area contributed by atoms with Gasteiger partial charge < -0.3 is 75.0 Å².